The molecular formula is C16H16N2O4. The van der Waals surface area contributed by atoms with Crippen LogP contribution in [0.4, 0.5) is 10.5 Å². The third-order valence-electron chi connectivity index (χ3n) is 3.03. The molecule has 0 heterocycles. The number of benzene rings is 2. The van der Waals surface area contributed by atoms with Crippen LogP contribution in [0, 0.1) is 0 Å². The van der Waals surface area contributed by atoms with Crippen LogP contribution in [0.5, 0.6) is 5.75 Å². The summed E-state index contributed by atoms with van der Waals surface area (Å²) >= 11 is 0. The predicted molar refractivity (Wildman–Crippen MR) is 82.0 cm³/mol. The monoisotopic (exact) mass is 300 g/mol. The number of methoxy groups -OCH3 is 1. The lowest BCUT2D eigenvalue weighted by molar-refractivity contribution is -0.118. The number of hydrogen-bond acceptors (Lipinski definition) is 3. The SMILES string of the molecule is COc1ccccc1NC(=O)C(NC(=O)O)c1ccccc1. The van der Waals surface area contributed by atoms with Crippen LogP contribution in [0.15, 0.2) is 54.6 Å². The second-order valence-corrected chi connectivity index (χ2v) is 4.48. The van der Waals surface area contributed by atoms with Crippen LogP contribution in [0.2, 0.25) is 0 Å². The zero-order chi connectivity index (χ0) is 15.9. The van der Waals surface area contributed by atoms with Crippen LogP contribution >= 0.6 is 0 Å². The van der Waals surface area contributed by atoms with Gasteiger partial charge in [0.25, 0.3) is 5.91 Å². The van der Waals surface area contributed by atoms with Crippen LogP contribution in [-0.4, -0.2) is 24.2 Å². The summed E-state index contributed by atoms with van der Waals surface area (Å²) in [7, 11) is 1.50. The van der Waals surface area contributed by atoms with Gasteiger partial charge in [-0.3, -0.25) is 4.79 Å². The summed E-state index contributed by atoms with van der Waals surface area (Å²) in [5, 5.41) is 13.8. The molecular weight excluding hydrogens is 284 g/mol. The molecule has 1 atom stereocenters. The molecule has 0 aliphatic rings. The number of rotatable bonds is 5. The Kier molecular flexibility index (Phi) is 4.98. The zero-order valence-electron chi connectivity index (χ0n) is 11.9. The molecule has 0 saturated heterocycles. The van der Waals surface area contributed by atoms with E-state index in [0.29, 0.717) is 17.0 Å². The maximum Gasteiger partial charge on any atom is 0.405 e. The van der Waals surface area contributed by atoms with E-state index in [4.69, 9.17) is 9.84 Å². The largest absolute Gasteiger partial charge is 0.495 e. The second kappa shape index (κ2) is 7.12. The first kappa shape index (κ1) is 15.4. The van der Waals surface area contributed by atoms with Crippen molar-refractivity contribution >= 4 is 17.7 Å². The van der Waals surface area contributed by atoms with Gasteiger partial charge in [0.2, 0.25) is 0 Å². The highest BCUT2D eigenvalue weighted by Crippen LogP contribution is 2.24. The summed E-state index contributed by atoms with van der Waals surface area (Å²) in [4.78, 5) is 23.4. The number of carbonyl (C=O) groups excluding carboxylic acids is 1. The fourth-order valence-corrected chi connectivity index (χ4v) is 2.02. The first-order valence-electron chi connectivity index (χ1n) is 6.60. The Balaban J connectivity index is 2.24. The molecule has 0 bridgehead atoms. The summed E-state index contributed by atoms with van der Waals surface area (Å²) in [6, 6.07) is 14.5. The number of ether oxygens (including phenoxy) is 1. The fraction of sp³-hybridized carbons (Fsp3) is 0.125. The number of hydrogen-bond donors (Lipinski definition) is 3. The lowest BCUT2D eigenvalue weighted by atomic mass is 10.1. The molecule has 0 spiro atoms. The molecule has 2 amide bonds. The minimum Gasteiger partial charge on any atom is -0.495 e. The third-order valence-corrected chi connectivity index (χ3v) is 3.03. The highest BCUT2D eigenvalue weighted by atomic mass is 16.5. The van der Waals surface area contributed by atoms with Gasteiger partial charge in [0.1, 0.15) is 11.8 Å². The normalized spacial score (nSPS) is 11.3. The fourth-order valence-electron chi connectivity index (χ4n) is 2.02. The van der Waals surface area contributed by atoms with E-state index in [1.807, 2.05) is 0 Å². The number of nitrogens with one attached hydrogen (secondary N) is 2. The molecule has 6 heteroatoms. The van der Waals surface area contributed by atoms with Gasteiger partial charge in [-0.25, -0.2) is 4.79 Å². The van der Waals surface area contributed by atoms with E-state index < -0.39 is 18.0 Å². The number of carboxylic acid groups (broad SMARTS) is 1. The number of amides is 2. The molecule has 0 saturated carbocycles. The molecule has 22 heavy (non-hydrogen) atoms. The van der Waals surface area contributed by atoms with Crippen LogP contribution in [0.25, 0.3) is 0 Å². The van der Waals surface area contributed by atoms with E-state index in [-0.39, 0.29) is 0 Å². The Labute approximate surface area is 127 Å². The molecule has 1 unspecified atom stereocenters. The molecule has 0 aliphatic heterocycles. The summed E-state index contributed by atoms with van der Waals surface area (Å²) in [6.45, 7) is 0. The number of carbonyl (C=O) groups is 2. The molecule has 0 aliphatic carbocycles. The van der Waals surface area contributed by atoms with Crippen molar-refractivity contribution in [2.45, 2.75) is 6.04 Å². The second-order valence-electron chi connectivity index (χ2n) is 4.48. The lowest BCUT2D eigenvalue weighted by Gasteiger charge is -2.18. The average molecular weight is 300 g/mol. The molecule has 2 aromatic carbocycles. The molecule has 0 fully saturated rings. The average Bonchev–Trinajstić information content (AvgIpc) is 2.53. The quantitative estimate of drug-likeness (QED) is 0.792. The minimum absolute atomic E-state index is 0.475. The van der Waals surface area contributed by atoms with Crippen LogP contribution < -0.4 is 15.4 Å². The van der Waals surface area contributed by atoms with Crippen molar-refractivity contribution in [3.05, 3.63) is 60.2 Å². The van der Waals surface area contributed by atoms with E-state index in [0.717, 1.165) is 0 Å². The number of para-hydroxylation sites is 2. The lowest BCUT2D eigenvalue weighted by Crippen LogP contribution is -2.36. The number of anilines is 1. The maximum atomic E-state index is 12.4. The molecule has 2 rings (SSSR count). The molecule has 3 N–H and O–H groups in total. The topological polar surface area (TPSA) is 87.7 Å². The predicted octanol–water partition coefficient (Wildman–Crippen LogP) is 2.64. The zero-order valence-corrected chi connectivity index (χ0v) is 11.9. The van der Waals surface area contributed by atoms with E-state index in [9.17, 15) is 9.59 Å². The minimum atomic E-state index is -1.27. The van der Waals surface area contributed by atoms with E-state index in [1.54, 1.807) is 54.6 Å². The van der Waals surface area contributed by atoms with Crippen molar-refractivity contribution in [3.63, 3.8) is 0 Å². The first-order valence-corrected chi connectivity index (χ1v) is 6.60. The molecule has 114 valence electrons. The maximum absolute atomic E-state index is 12.4. The van der Waals surface area contributed by atoms with Gasteiger partial charge in [-0.1, -0.05) is 42.5 Å². The molecule has 2 aromatic rings. The Morgan fingerprint density at radius 3 is 2.32 bits per heavy atom. The van der Waals surface area contributed by atoms with Crippen molar-refractivity contribution in [1.29, 1.82) is 0 Å². The Hall–Kier alpha value is -3.02. The van der Waals surface area contributed by atoms with Crippen LogP contribution in [0.1, 0.15) is 11.6 Å². The summed E-state index contributed by atoms with van der Waals surface area (Å²) in [5.41, 5.74) is 1.03. The van der Waals surface area contributed by atoms with Gasteiger partial charge >= 0.3 is 6.09 Å². The smallest absolute Gasteiger partial charge is 0.405 e. The van der Waals surface area contributed by atoms with Gasteiger partial charge in [-0.2, -0.15) is 0 Å². The first-order chi connectivity index (χ1) is 10.6. The molecule has 0 radical (unpaired) electrons. The Bertz CT molecular complexity index is 658. The Morgan fingerprint density at radius 2 is 1.68 bits per heavy atom. The van der Waals surface area contributed by atoms with Crippen LogP contribution in [0.3, 0.4) is 0 Å². The third kappa shape index (κ3) is 3.76. The van der Waals surface area contributed by atoms with Crippen molar-refractivity contribution in [3.8, 4) is 5.75 Å². The van der Waals surface area contributed by atoms with E-state index in [1.165, 1.54) is 7.11 Å². The van der Waals surface area contributed by atoms with Crippen molar-refractivity contribution < 1.29 is 19.4 Å². The summed E-state index contributed by atoms with van der Waals surface area (Å²) in [5.74, 6) is 0.0103. The summed E-state index contributed by atoms with van der Waals surface area (Å²) in [6.07, 6.45) is -1.27. The molecule has 0 aromatic heterocycles. The van der Waals surface area contributed by atoms with Crippen molar-refractivity contribution in [2.75, 3.05) is 12.4 Å². The highest BCUT2D eigenvalue weighted by Gasteiger charge is 2.23. The highest BCUT2D eigenvalue weighted by molar-refractivity contribution is 5.98. The van der Waals surface area contributed by atoms with Gasteiger partial charge in [0.15, 0.2) is 0 Å². The van der Waals surface area contributed by atoms with E-state index in [2.05, 4.69) is 10.6 Å². The van der Waals surface area contributed by atoms with Crippen molar-refractivity contribution in [1.82, 2.24) is 5.32 Å². The van der Waals surface area contributed by atoms with Gasteiger partial charge in [-0.15, -0.1) is 0 Å². The van der Waals surface area contributed by atoms with Gasteiger partial charge in [0.05, 0.1) is 12.8 Å². The van der Waals surface area contributed by atoms with E-state index >= 15 is 0 Å². The van der Waals surface area contributed by atoms with Gasteiger partial charge in [-0.05, 0) is 17.7 Å². The standard InChI is InChI=1S/C16H16N2O4/c1-22-13-10-6-5-9-12(13)17-15(19)14(18-16(20)21)11-7-3-2-4-8-11/h2-10,14,18H,1H3,(H,17,19)(H,20,21). The summed E-state index contributed by atoms with van der Waals surface area (Å²) < 4.78 is 5.16. The van der Waals surface area contributed by atoms with Crippen molar-refractivity contribution in [2.24, 2.45) is 0 Å². The van der Waals surface area contributed by atoms with Gasteiger partial charge < -0.3 is 20.5 Å². The van der Waals surface area contributed by atoms with Crippen LogP contribution in [-0.2, 0) is 4.79 Å². The Morgan fingerprint density at radius 1 is 1.05 bits per heavy atom. The molecule has 6 nitrogen and oxygen atoms in total. The van der Waals surface area contributed by atoms with Gasteiger partial charge in [0, 0.05) is 0 Å².